The Kier molecular flexibility index (Phi) is 6.41. The van der Waals surface area contributed by atoms with E-state index >= 15 is 0 Å². The summed E-state index contributed by atoms with van der Waals surface area (Å²) in [6, 6.07) is 8.82. The van der Waals surface area contributed by atoms with Gasteiger partial charge in [0.1, 0.15) is 5.25 Å². The predicted molar refractivity (Wildman–Crippen MR) is 103 cm³/mol. The summed E-state index contributed by atoms with van der Waals surface area (Å²) in [5.74, 6) is 0.114. The number of thiophene rings is 1. The van der Waals surface area contributed by atoms with Crippen LogP contribution in [-0.2, 0) is 14.6 Å². The van der Waals surface area contributed by atoms with Gasteiger partial charge in [0.15, 0.2) is 9.84 Å². The first-order chi connectivity index (χ1) is 11.7. The summed E-state index contributed by atoms with van der Waals surface area (Å²) in [7, 11) is -3.59. The fourth-order valence-corrected chi connectivity index (χ4v) is 5.41. The third-order valence-electron chi connectivity index (χ3n) is 4.12. The van der Waals surface area contributed by atoms with Crippen molar-refractivity contribution in [2.75, 3.05) is 6.54 Å². The highest BCUT2D eigenvalue weighted by atomic mass is 32.2. The predicted octanol–water partition coefficient (Wildman–Crippen LogP) is 4.04. The van der Waals surface area contributed by atoms with Gasteiger partial charge in [0, 0.05) is 17.8 Å². The van der Waals surface area contributed by atoms with Crippen LogP contribution in [0.4, 0.5) is 0 Å². The van der Waals surface area contributed by atoms with E-state index in [0.717, 1.165) is 16.0 Å². The first kappa shape index (κ1) is 19.7. The topological polar surface area (TPSA) is 63.2 Å². The maximum Gasteiger partial charge on any atom is 0.220 e. The van der Waals surface area contributed by atoms with Gasteiger partial charge in [-0.2, -0.15) is 0 Å². The van der Waals surface area contributed by atoms with E-state index in [-0.39, 0.29) is 18.4 Å². The molecule has 0 fully saturated rings. The zero-order valence-electron chi connectivity index (χ0n) is 15.1. The number of carbonyl (C=O) groups excluding carboxylic acids is 1. The number of sulfone groups is 1. The Morgan fingerprint density at radius 1 is 1.16 bits per heavy atom. The zero-order chi connectivity index (χ0) is 18.6. The molecule has 4 nitrogen and oxygen atoms in total. The molecule has 0 spiro atoms. The average Bonchev–Trinajstić information content (AvgIpc) is 3.03. The Morgan fingerprint density at radius 2 is 1.88 bits per heavy atom. The van der Waals surface area contributed by atoms with Gasteiger partial charge in [0.25, 0.3) is 0 Å². The molecule has 0 bridgehead atoms. The fraction of sp³-hybridized carbons (Fsp3) is 0.421. The van der Waals surface area contributed by atoms with Crippen LogP contribution in [0.15, 0.2) is 40.6 Å². The molecule has 0 aliphatic carbocycles. The molecule has 2 rings (SSSR count). The molecule has 0 aliphatic rings. The van der Waals surface area contributed by atoms with Crippen LogP contribution in [0.2, 0.25) is 0 Å². The van der Waals surface area contributed by atoms with E-state index in [4.69, 9.17) is 0 Å². The molecule has 1 heterocycles. The first-order valence-electron chi connectivity index (χ1n) is 8.33. The summed E-state index contributed by atoms with van der Waals surface area (Å²) in [5, 5.41) is 3.88. The minimum absolute atomic E-state index is 0.0846. The molecule has 0 radical (unpaired) electrons. The number of aryl methyl sites for hydroxylation is 2. The van der Waals surface area contributed by atoms with Crippen LogP contribution in [0.25, 0.3) is 0 Å². The van der Waals surface area contributed by atoms with E-state index < -0.39 is 15.1 Å². The minimum atomic E-state index is -3.59. The smallest absolute Gasteiger partial charge is 0.220 e. The van der Waals surface area contributed by atoms with Crippen molar-refractivity contribution in [3.63, 3.8) is 0 Å². The van der Waals surface area contributed by atoms with E-state index in [1.807, 2.05) is 51.3 Å². The average molecular weight is 380 g/mol. The molecule has 0 unspecified atom stereocenters. The monoisotopic (exact) mass is 379 g/mol. The highest BCUT2D eigenvalue weighted by Gasteiger charge is 2.30. The van der Waals surface area contributed by atoms with Crippen molar-refractivity contribution in [3.8, 4) is 0 Å². The summed E-state index contributed by atoms with van der Waals surface area (Å²) < 4.78 is 26.4. The molecule has 1 N–H and O–H groups in total. The second-order valence-electron chi connectivity index (χ2n) is 6.70. The van der Waals surface area contributed by atoms with E-state index in [2.05, 4.69) is 5.32 Å². The van der Waals surface area contributed by atoms with Crippen molar-refractivity contribution in [2.24, 2.45) is 5.92 Å². The standard InChI is InChI=1S/C19H25NO3S2/c1-13(2)10-19(21)20-12-18(17-6-5-9-24-17)25(22,23)16-8-7-14(3)15(4)11-16/h5-9,11,13,18H,10,12H2,1-4H3,(H,20,21)/t18-/m1/s1. The van der Waals surface area contributed by atoms with Gasteiger partial charge >= 0.3 is 0 Å². The van der Waals surface area contributed by atoms with Crippen LogP contribution in [0.5, 0.6) is 0 Å². The number of carbonyl (C=O) groups is 1. The molecular formula is C19H25NO3S2. The molecule has 0 saturated heterocycles. The van der Waals surface area contributed by atoms with Crippen molar-refractivity contribution in [3.05, 3.63) is 51.7 Å². The molecule has 1 aromatic heterocycles. The quantitative estimate of drug-likeness (QED) is 0.789. The molecular weight excluding hydrogens is 354 g/mol. The number of nitrogens with one attached hydrogen (secondary N) is 1. The van der Waals surface area contributed by atoms with Crippen LogP contribution in [0.1, 0.15) is 41.5 Å². The lowest BCUT2D eigenvalue weighted by Gasteiger charge is -2.18. The summed E-state index contributed by atoms with van der Waals surface area (Å²) in [6.45, 7) is 7.86. The Balaban J connectivity index is 2.31. The van der Waals surface area contributed by atoms with E-state index in [9.17, 15) is 13.2 Å². The Bertz CT molecular complexity index is 824. The number of amides is 1. The van der Waals surface area contributed by atoms with E-state index in [0.29, 0.717) is 11.3 Å². The lowest BCUT2D eigenvalue weighted by atomic mass is 10.1. The number of benzene rings is 1. The summed E-state index contributed by atoms with van der Waals surface area (Å²) in [5.41, 5.74) is 1.99. The van der Waals surface area contributed by atoms with E-state index in [1.54, 1.807) is 12.1 Å². The van der Waals surface area contributed by atoms with Gasteiger partial charge in [-0.05, 0) is 54.5 Å². The van der Waals surface area contributed by atoms with Gasteiger partial charge < -0.3 is 5.32 Å². The SMILES string of the molecule is Cc1ccc(S(=O)(=O)[C@H](CNC(=O)CC(C)C)c2cccs2)cc1C. The zero-order valence-corrected chi connectivity index (χ0v) is 16.7. The largest absolute Gasteiger partial charge is 0.354 e. The third-order valence-corrected chi connectivity index (χ3v) is 7.34. The summed E-state index contributed by atoms with van der Waals surface area (Å²) in [4.78, 5) is 13.0. The lowest BCUT2D eigenvalue weighted by Crippen LogP contribution is -2.32. The normalized spacial score (nSPS) is 13.0. The van der Waals surface area contributed by atoms with Crippen LogP contribution in [0.3, 0.4) is 0 Å². The highest BCUT2D eigenvalue weighted by Crippen LogP contribution is 2.32. The van der Waals surface area contributed by atoms with Crippen LogP contribution >= 0.6 is 11.3 Å². The van der Waals surface area contributed by atoms with Gasteiger partial charge in [-0.15, -0.1) is 11.3 Å². The minimum Gasteiger partial charge on any atom is -0.354 e. The second-order valence-corrected chi connectivity index (χ2v) is 9.81. The number of hydrogen-bond donors (Lipinski definition) is 1. The molecule has 0 saturated carbocycles. The summed E-state index contributed by atoms with van der Waals surface area (Å²) in [6.07, 6.45) is 0.390. The molecule has 2 aromatic rings. The van der Waals surface area contributed by atoms with Crippen LogP contribution in [0, 0.1) is 19.8 Å². The van der Waals surface area contributed by atoms with Gasteiger partial charge in [-0.3, -0.25) is 4.79 Å². The van der Waals surface area contributed by atoms with Gasteiger partial charge in [-0.1, -0.05) is 26.0 Å². The van der Waals surface area contributed by atoms with Gasteiger partial charge in [0.2, 0.25) is 5.91 Å². The Hall–Kier alpha value is -1.66. The Morgan fingerprint density at radius 3 is 2.44 bits per heavy atom. The number of rotatable bonds is 7. The summed E-state index contributed by atoms with van der Waals surface area (Å²) >= 11 is 1.40. The van der Waals surface area contributed by atoms with Gasteiger partial charge in [-0.25, -0.2) is 8.42 Å². The molecule has 1 amide bonds. The van der Waals surface area contributed by atoms with Crippen molar-refractivity contribution in [1.82, 2.24) is 5.32 Å². The molecule has 1 atom stereocenters. The third kappa shape index (κ3) is 4.92. The van der Waals surface area contributed by atoms with Crippen LogP contribution < -0.4 is 5.32 Å². The van der Waals surface area contributed by atoms with Crippen LogP contribution in [-0.4, -0.2) is 20.9 Å². The maximum absolute atomic E-state index is 13.2. The highest BCUT2D eigenvalue weighted by molar-refractivity contribution is 7.91. The lowest BCUT2D eigenvalue weighted by molar-refractivity contribution is -0.121. The van der Waals surface area contributed by atoms with Crippen molar-refractivity contribution in [2.45, 2.75) is 44.3 Å². The molecule has 1 aromatic carbocycles. The van der Waals surface area contributed by atoms with Crippen molar-refractivity contribution >= 4 is 27.1 Å². The second kappa shape index (κ2) is 8.15. The maximum atomic E-state index is 13.2. The number of hydrogen-bond acceptors (Lipinski definition) is 4. The van der Waals surface area contributed by atoms with Gasteiger partial charge in [0.05, 0.1) is 4.90 Å². The molecule has 6 heteroatoms. The first-order valence-corrected chi connectivity index (χ1v) is 10.8. The van der Waals surface area contributed by atoms with E-state index in [1.165, 1.54) is 11.3 Å². The molecule has 136 valence electrons. The fourth-order valence-electron chi connectivity index (χ4n) is 2.54. The molecule has 25 heavy (non-hydrogen) atoms. The van der Waals surface area contributed by atoms with Crippen molar-refractivity contribution in [1.29, 1.82) is 0 Å². The Labute approximate surface area is 154 Å². The molecule has 0 aliphatic heterocycles. The van der Waals surface area contributed by atoms with Crippen molar-refractivity contribution < 1.29 is 13.2 Å².